The van der Waals surface area contributed by atoms with Crippen LogP contribution in [0.25, 0.3) is 0 Å². The first kappa shape index (κ1) is 14.4. The highest BCUT2D eigenvalue weighted by Crippen LogP contribution is 2.39. The van der Waals surface area contributed by atoms with Crippen LogP contribution in [0.3, 0.4) is 0 Å². The Morgan fingerprint density at radius 1 is 1.05 bits per heavy atom. The van der Waals surface area contributed by atoms with Crippen molar-refractivity contribution in [2.24, 2.45) is 5.73 Å². The molecular weight excluding hydrogens is 241 g/mol. The quantitative estimate of drug-likeness (QED) is 0.850. The van der Waals surface area contributed by atoms with Crippen molar-refractivity contribution in [1.82, 2.24) is 0 Å². The van der Waals surface area contributed by atoms with Crippen LogP contribution in [0, 0.1) is 0 Å². The van der Waals surface area contributed by atoms with Gasteiger partial charge in [-0.15, -0.1) is 0 Å². The standard InChI is InChI=1S/C14H22BNO3/c1-13(2)14(3,4)19-15(18-13)12(16)10-6-8-11(17-5)9-7-10/h6-9,12H,16H2,1-5H3/t12-/m1/s1. The van der Waals surface area contributed by atoms with Crippen LogP contribution in [0.2, 0.25) is 0 Å². The molecule has 2 N–H and O–H groups in total. The van der Waals surface area contributed by atoms with E-state index < -0.39 is 7.12 Å². The van der Waals surface area contributed by atoms with Crippen molar-refractivity contribution in [2.45, 2.75) is 44.8 Å². The van der Waals surface area contributed by atoms with Crippen LogP contribution in [-0.4, -0.2) is 25.4 Å². The third kappa shape index (κ3) is 2.64. The lowest BCUT2D eigenvalue weighted by Gasteiger charge is -2.32. The van der Waals surface area contributed by atoms with E-state index in [0.29, 0.717) is 0 Å². The topological polar surface area (TPSA) is 53.7 Å². The summed E-state index contributed by atoms with van der Waals surface area (Å²) in [6.45, 7) is 8.09. The van der Waals surface area contributed by atoms with Gasteiger partial charge < -0.3 is 19.8 Å². The van der Waals surface area contributed by atoms with E-state index in [2.05, 4.69) is 0 Å². The largest absolute Gasteiger partial charge is 0.497 e. The minimum atomic E-state index is -0.432. The van der Waals surface area contributed by atoms with E-state index in [0.717, 1.165) is 11.3 Å². The Morgan fingerprint density at radius 3 is 1.95 bits per heavy atom. The first-order valence-electron chi connectivity index (χ1n) is 6.52. The fourth-order valence-electron chi connectivity index (χ4n) is 2.02. The summed E-state index contributed by atoms with van der Waals surface area (Å²) < 4.78 is 17.1. The van der Waals surface area contributed by atoms with Gasteiger partial charge in [-0.05, 0) is 45.4 Å². The molecule has 1 aliphatic heterocycles. The molecule has 0 amide bonds. The lowest BCUT2D eigenvalue weighted by atomic mass is 9.75. The van der Waals surface area contributed by atoms with E-state index in [1.165, 1.54) is 0 Å². The third-order valence-corrected chi connectivity index (χ3v) is 4.07. The summed E-state index contributed by atoms with van der Waals surface area (Å²) in [6.07, 6.45) is 0. The zero-order valence-electron chi connectivity index (χ0n) is 12.3. The normalized spacial score (nSPS) is 22.3. The maximum absolute atomic E-state index is 6.24. The second kappa shape index (κ2) is 4.82. The average molecular weight is 263 g/mol. The molecule has 4 nitrogen and oxygen atoms in total. The van der Waals surface area contributed by atoms with E-state index in [4.69, 9.17) is 19.8 Å². The van der Waals surface area contributed by atoms with Crippen LogP contribution < -0.4 is 10.5 Å². The average Bonchev–Trinajstić information content (AvgIpc) is 2.58. The van der Waals surface area contributed by atoms with E-state index in [-0.39, 0.29) is 17.1 Å². The second-order valence-electron chi connectivity index (χ2n) is 5.92. The summed E-state index contributed by atoms with van der Waals surface area (Å²) in [6, 6.07) is 7.66. The summed E-state index contributed by atoms with van der Waals surface area (Å²) in [5, 5.41) is 0. The summed E-state index contributed by atoms with van der Waals surface area (Å²) in [4.78, 5) is 0. The monoisotopic (exact) mass is 263 g/mol. The molecule has 1 heterocycles. The van der Waals surface area contributed by atoms with Crippen molar-refractivity contribution in [3.63, 3.8) is 0 Å². The van der Waals surface area contributed by atoms with Gasteiger partial charge in [0.25, 0.3) is 0 Å². The second-order valence-corrected chi connectivity index (χ2v) is 5.92. The molecule has 1 aliphatic rings. The number of methoxy groups -OCH3 is 1. The maximum Gasteiger partial charge on any atom is 0.480 e. The number of benzene rings is 1. The zero-order valence-corrected chi connectivity index (χ0v) is 12.3. The Bertz CT molecular complexity index is 429. The minimum absolute atomic E-state index is 0.313. The Kier molecular flexibility index (Phi) is 3.64. The smallest absolute Gasteiger partial charge is 0.480 e. The molecule has 0 radical (unpaired) electrons. The van der Waals surface area contributed by atoms with Gasteiger partial charge in [-0.2, -0.15) is 0 Å². The highest BCUT2D eigenvalue weighted by molar-refractivity contribution is 6.47. The van der Waals surface area contributed by atoms with Crippen LogP contribution in [-0.2, 0) is 9.31 Å². The minimum Gasteiger partial charge on any atom is -0.497 e. The molecule has 0 bridgehead atoms. The number of ether oxygens (including phenoxy) is 1. The van der Waals surface area contributed by atoms with Gasteiger partial charge in [0.15, 0.2) is 0 Å². The summed E-state index contributed by atoms with van der Waals surface area (Å²) in [5.74, 6) is 0.497. The molecule has 5 heteroatoms. The number of nitrogens with two attached hydrogens (primary N) is 1. The summed E-state index contributed by atoms with van der Waals surface area (Å²) in [5.41, 5.74) is 6.50. The van der Waals surface area contributed by atoms with Gasteiger partial charge in [-0.3, -0.25) is 0 Å². The van der Waals surface area contributed by atoms with Gasteiger partial charge in [0.2, 0.25) is 0 Å². The fraction of sp³-hybridized carbons (Fsp3) is 0.571. The van der Waals surface area contributed by atoms with Gasteiger partial charge >= 0.3 is 7.12 Å². The van der Waals surface area contributed by atoms with Crippen molar-refractivity contribution >= 4 is 7.12 Å². The fourth-order valence-corrected chi connectivity index (χ4v) is 2.02. The number of rotatable bonds is 3. The Morgan fingerprint density at radius 2 is 1.53 bits per heavy atom. The molecule has 0 aliphatic carbocycles. The highest BCUT2D eigenvalue weighted by atomic mass is 16.7. The molecule has 1 fully saturated rings. The molecule has 104 valence electrons. The lowest BCUT2D eigenvalue weighted by Crippen LogP contribution is -2.41. The van der Waals surface area contributed by atoms with Crippen LogP contribution in [0.1, 0.15) is 39.2 Å². The molecule has 1 saturated heterocycles. The van der Waals surface area contributed by atoms with Crippen LogP contribution in [0.4, 0.5) is 0 Å². The van der Waals surface area contributed by atoms with E-state index in [1.807, 2.05) is 52.0 Å². The highest BCUT2D eigenvalue weighted by Gasteiger charge is 2.53. The van der Waals surface area contributed by atoms with Gasteiger partial charge in [-0.1, -0.05) is 12.1 Å². The van der Waals surface area contributed by atoms with Crippen molar-refractivity contribution in [3.8, 4) is 5.75 Å². The molecule has 0 spiro atoms. The van der Waals surface area contributed by atoms with Crippen molar-refractivity contribution in [1.29, 1.82) is 0 Å². The molecule has 0 saturated carbocycles. The molecular formula is C14H22BNO3. The zero-order chi connectivity index (χ0) is 14.3. The van der Waals surface area contributed by atoms with Gasteiger partial charge in [0.1, 0.15) is 5.75 Å². The predicted molar refractivity (Wildman–Crippen MR) is 76.0 cm³/mol. The first-order chi connectivity index (χ1) is 8.77. The molecule has 1 atom stereocenters. The lowest BCUT2D eigenvalue weighted by molar-refractivity contribution is 0.00578. The van der Waals surface area contributed by atoms with Crippen molar-refractivity contribution in [2.75, 3.05) is 7.11 Å². The third-order valence-electron chi connectivity index (χ3n) is 4.07. The van der Waals surface area contributed by atoms with Crippen LogP contribution >= 0.6 is 0 Å². The first-order valence-corrected chi connectivity index (χ1v) is 6.52. The summed E-state index contributed by atoms with van der Waals surface area (Å²) >= 11 is 0. The van der Waals surface area contributed by atoms with Crippen LogP contribution in [0.15, 0.2) is 24.3 Å². The molecule has 1 aromatic carbocycles. The molecule has 1 aromatic rings. The Hall–Kier alpha value is -1.04. The number of hydrogen-bond acceptors (Lipinski definition) is 4. The Labute approximate surface area is 115 Å². The van der Waals surface area contributed by atoms with Gasteiger partial charge in [0, 0.05) is 0 Å². The maximum atomic E-state index is 6.24. The van der Waals surface area contributed by atoms with Gasteiger partial charge in [0.05, 0.1) is 24.3 Å². The molecule has 0 unspecified atom stereocenters. The molecule has 19 heavy (non-hydrogen) atoms. The van der Waals surface area contributed by atoms with E-state index in [1.54, 1.807) is 7.11 Å². The predicted octanol–water partition coefficient (Wildman–Crippen LogP) is 2.33. The molecule has 0 aromatic heterocycles. The molecule has 2 rings (SSSR count). The number of hydrogen-bond donors (Lipinski definition) is 1. The van der Waals surface area contributed by atoms with Gasteiger partial charge in [-0.25, -0.2) is 0 Å². The Balaban J connectivity index is 2.14. The van der Waals surface area contributed by atoms with E-state index >= 15 is 0 Å². The van der Waals surface area contributed by atoms with E-state index in [9.17, 15) is 0 Å². The SMILES string of the molecule is COc1ccc([C@@H](N)B2OC(C)(C)C(C)(C)O2)cc1. The van der Waals surface area contributed by atoms with Crippen molar-refractivity contribution < 1.29 is 14.0 Å². The summed E-state index contributed by atoms with van der Waals surface area (Å²) in [7, 11) is 1.21. The van der Waals surface area contributed by atoms with Crippen molar-refractivity contribution in [3.05, 3.63) is 29.8 Å². The van der Waals surface area contributed by atoms with Crippen LogP contribution in [0.5, 0.6) is 5.75 Å².